The van der Waals surface area contributed by atoms with Gasteiger partial charge in [0, 0.05) is 9.73 Å². The van der Waals surface area contributed by atoms with Crippen molar-refractivity contribution >= 4 is 59.4 Å². The van der Waals surface area contributed by atoms with Crippen molar-refractivity contribution in [3.05, 3.63) is 144 Å². The Balaban J connectivity index is 0.000000227. The molecule has 2 atom stereocenters. The van der Waals surface area contributed by atoms with E-state index in [1.54, 1.807) is 0 Å². The molecule has 4 aromatic carbocycles. The van der Waals surface area contributed by atoms with Crippen LogP contribution in [0.25, 0.3) is 0 Å². The summed E-state index contributed by atoms with van der Waals surface area (Å²) < 4.78 is 0. The molecule has 0 radical (unpaired) electrons. The minimum Gasteiger partial charge on any atom is -0.779 e. The van der Waals surface area contributed by atoms with Crippen LogP contribution in [0.3, 0.4) is 0 Å². The van der Waals surface area contributed by atoms with Gasteiger partial charge in [0.15, 0.2) is 0 Å². The van der Waals surface area contributed by atoms with E-state index in [0.29, 0.717) is 0 Å². The van der Waals surface area contributed by atoms with Crippen LogP contribution < -0.4 is 0 Å². The van der Waals surface area contributed by atoms with Crippen LogP contribution in [0.2, 0.25) is 0 Å². The van der Waals surface area contributed by atoms with E-state index in [1.807, 2.05) is 121 Å². The zero-order valence-electron chi connectivity index (χ0n) is 17.7. The van der Waals surface area contributed by atoms with Gasteiger partial charge in [-0.2, -0.15) is 0 Å². The first-order valence-electron chi connectivity index (χ1n) is 10.2. The molecule has 0 fully saturated rings. The van der Waals surface area contributed by atoms with Crippen LogP contribution in [-0.2, 0) is 41.7 Å². The van der Waals surface area contributed by atoms with Crippen LogP contribution in [0.1, 0.15) is 32.8 Å². The molecule has 0 N–H and O–H groups in total. The van der Waals surface area contributed by atoms with E-state index in [1.165, 1.54) is 0 Å². The van der Waals surface area contributed by atoms with E-state index in [9.17, 15) is 0 Å². The maximum atomic E-state index is 5.47. The van der Waals surface area contributed by atoms with Crippen LogP contribution >= 0.6 is 24.4 Å². The summed E-state index contributed by atoms with van der Waals surface area (Å²) in [6.07, 6.45) is 0. The quantitative estimate of drug-likeness (QED) is 0.107. The summed E-state index contributed by atoms with van der Waals surface area (Å²) in [6, 6.07) is 39.9. The van der Waals surface area contributed by atoms with Crippen molar-refractivity contribution in [1.82, 2.24) is 0 Å². The number of benzene rings is 4. The average molecular weight is 545 g/mol. The van der Waals surface area contributed by atoms with Gasteiger partial charge in [-0.15, -0.1) is 10.5 Å². The molecule has 2 unspecified atom stereocenters. The summed E-state index contributed by atoms with van der Waals surface area (Å²) in [4.78, 5) is 1.64. The smallest absolute Gasteiger partial charge is 0.779 e. The van der Waals surface area contributed by atoms with Crippen LogP contribution in [0.15, 0.2) is 121 Å². The Bertz CT molecular complexity index is 1020. The molecule has 0 nitrogen and oxygen atoms in total. The topological polar surface area (TPSA) is 0 Å². The first kappa shape index (κ1) is 27.5. The zero-order chi connectivity index (χ0) is 22.8. The summed E-state index contributed by atoms with van der Waals surface area (Å²) in [5, 5.41) is -0.253. The van der Waals surface area contributed by atoms with Crippen molar-refractivity contribution in [3.8, 4) is 0 Å². The predicted molar refractivity (Wildman–Crippen MR) is 149 cm³/mol. The molecule has 0 heterocycles. The average Bonchev–Trinajstić information content (AvgIpc) is 2.89. The molecule has 0 bridgehead atoms. The Labute approximate surface area is 228 Å². The fourth-order valence-corrected chi connectivity index (χ4v) is 4.20. The molecule has 4 aromatic rings. The second kappa shape index (κ2) is 14.5. The molecule has 0 aliphatic heterocycles. The molecule has 4 rings (SSSR count). The molecule has 0 spiro atoms. The SMILES string of the molecule is S=C(c1ccccc1)C([S-])c1ccccc1.S=C(c1ccccc1)C([S-])c1ccccc1.[Ni+2]. The monoisotopic (exact) mass is 544 g/mol. The molecule has 0 amide bonds. The second-order valence-corrected chi connectivity index (χ2v) is 8.86. The molecule has 0 saturated carbocycles. The molecular formula is C28H22NiS4. The fraction of sp³-hybridized carbons (Fsp3) is 0.0714. The van der Waals surface area contributed by atoms with Gasteiger partial charge in [-0.25, -0.2) is 0 Å². The van der Waals surface area contributed by atoms with E-state index in [2.05, 4.69) is 0 Å². The van der Waals surface area contributed by atoms with E-state index < -0.39 is 0 Å². The van der Waals surface area contributed by atoms with Crippen LogP contribution in [0.5, 0.6) is 0 Å². The van der Waals surface area contributed by atoms with E-state index in [0.717, 1.165) is 32.0 Å². The maximum Gasteiger partial charge on any atom is 2.00 e. The number of thiocarbonyl (C=S) groups is 2. The van der Waals surface area contributed by atoms with Crippen molar-refractivity contribution in [2.24, 2.45) is 0 Å². The Hall–Kier alpha value is -1.75. The van der Waals surface area contributed by atoms with E-state index in [-0.39, 0.29) is 27.0 Å². The third-order valence-electron chi connectivity index (χ3n) is 4.80. The largest absolute Gasteiger partial charge is 2.00 e. The van der Waals surface area contributed by atoms with Gasteiger partial charge in [0.05, 0.1) is 0 Å². The van der Waals surface area contributed by atoms with Crippen molar-refractivity contribution in [2.45, 2.75) is 10.5 Å². The Morgan fingerprint density at radius 3 is 0.970 bits per heavy atom. The molecular weight excluding hydrogens is 523 g/mol. The minimum atomic E-state index is -0.126. The first-order chi connectivity index (χ1) is 15.6. The van der Waals surface area contributed by atoms with E-state index >= 15 is 0 Å². The molecule has 0 aliphatic carbocycles. The van der Waals surface area contributed by atoms with Gasteiger partial charge in [0.25, 0.3) is 0 Å². The zero-order valence-corrected chi connectivity index (χ0v) is 21.9. The first-order valence-corrected chi connectivity index (χ1v) is 11.9. The van der Waals surface area contributed by atoms with Gasteiger partial charge in [0.1, 0.15) is 0 Å². The number of hydrogen-bond donors (Lipinski definition) is 0. The van der Waals surface area contributed by atoms with Gasteiger partial charge in [0.2, 0.25) is 0 Å². The summed E-state index contributed by atoms with van der Waals surface area (Å²) in [6.45, 7) is 0. The van der Waals surface area contributed by atoms with Crippen LogP contribution in [0.4, 0.5) is 0 Å². The number of hydrogen-bond acceptors (Lipinski definition) is 4. The van der Waals surface area contributed by atoms with Crippen molar-refractivity contribution in [1.29, 1.82) is 0 Å². The summed E-state index contributed by atoms with van der Waals surface area (Å²) >= 11 is 21.8. The van der Waals surface area contributed by atoms with Gasteiger partial charge in [-0.1, -0.05) is 157 Å². The minimum absolute atomic E-state index is 0. The molecule has 168 valence electrons. The van der Waals surface area contributed by atoms with Crippen LogP contribution in [0, 0.1) is 0 Å². The van der Waals surface area contributed by atoms with Gasteiger partial charge < -0.3 is 25.3 Å². The summed E-state index contributed by atoms with van der Waals surface area (Å²) in [5.41, 5.74) is 4.26. The standard InChI is InChI=1S/2C14H12S2.Ni/c2*15-13(11-7-3-1-4-8-11)14(16)12-9-5-2-6-10-12;/h2*1-10,13,15H;/q;;+2/p-2. The van der Waals surface area contributed by atoms with Gasteiger partial charge in [-0.05, 0) is 11.1 Å². The summed E-state index contributed by atoms with van der Waals surface area (Å²) in [7, 11) is 0. The Kier molecular flexibility index (Phi) is 12.1. The Morgan fingerprint density at radius 1 is 0.455 bits per heavy atom. The molecule has 0 aliphatic rings. The third kappa shape index (κ3) is 8.20. The molecule has 5 heteroatoms. The maximum absolute atomic E-state index is 5.47. The molecule has 0 saturated heterocycles. The van der Waals surface area contributed by atoms with Crippen molar-refractivity contribution < 1.29 is 16.5 Å². The molecule has 0 aromatic heterocycles. The summed E-state index contributed by atoms with van der Waals surface area (Å²) in [5.74, 6) is 0. The third-order valence-corrected chi connectivity index (χ3v) is 7.05. The number of rotatable bonds is 6. The van der Waals surface area contributed by atoms with Gasteiger partial charge in [-0.3, -0.25) is 0 Å². The van der Waals surface area contributed by atoms with Crippen molar-refractivity contribution in [3.63, 3.8) is 0 Å². The Morgan fingerprint density at radius 2 is 0.697 bits per heavy atom. The second-order valence-electron chi connectivity index (χ2n) is 7.04. The van der Waals surface area contributed by atoms with Gasteiger partial charge >= 0.3 is 16.5 Å². The fourth-order valence-electron chi connectivity index (χ4n) is 3.07. The molecule has 33 heavy (non-hydrogen) atoms. The predicted octanol–water partition coefficient (Wildman–Crippen LogP) is 7.38. The normalized spacial score (nSPS) is 11.7. The van der Waals surface area contributed by atoms with Crippen LogP contribution in [-0.4, -0.2) is 9.73 Å². The van der Waals surface area contributed by atoms with E-state index in [4.69, 9.17) is 49.7 Å². The van der Waals surface area contributed by atoms with Crippen molar-refractivity contribution in [2.75, 3.05) is 0 Å².